The van der Waals surface area contributed by atoms with E-state index in [1.807, 2.05) is 6.92 Å². The van der Waals surface area contributed by atoms with Gasteiger partial charge in [0.05, 0.1) is 6.07 Å². The fourth-order valence-electron chi connectivity index (χ4n) is 3.42. The summed E-state index contributed by atoms with van der Waals surface area (Å²) < 4.78 is 0. The van der Waals surface area contributed by atoms with Crippen molar-refractivity contribution in [3.63, 3.8) is 0 Å². The molecular formula is C17H33N3. The minimum atomic E-state index is -0.399. The van der Waals surface area contributed by atoms with Gasteiger partial charge in [-0.05, 0) is 59.0 Å². The monoisotopic (exact) mass is 279 g/mol. The van der Waals surface area contributed by atoms with E-state index in [0.29, 0.717) is 12.1 Å². The Bertz CT molecular complexity index is 323. The highest BCUT2D eigenvalue weighted by Gasteiger charge is 2.31. The average Bonchev–Trinajstić information content (AvgIpc) is 2.44. The minimum absolute atomic E-state index is 0.399. The Hall–Kier alpha value is -0.590. The first-order chi connectivity index (χ1) is 9.41. The Morgan fingerprint density at radius 2 is 2.15 bits per heavy atom. The van der Waals surface area contributed by atoms with Gasteiger partial charge in [0, 0.05) is 12.1 Å². The smallest absolute Gasteiger partial charge is 0.105 e. The van der Waals surface area contributed by atoms with Gasteiger partial charge in [0.2, 0.25) is 0 Å². The van der Waals surface area contributed by atoms with Crippen LogP contribution in [0.3, 0.4) is 0 Å². The lowest BCUT2D eigenvalue weighted by molar-refractivity contribution is 0.110. The molecule has 20 heavy (non-hydrogen) atoms. The van der Waals surface area contributed by atoms with Crippen LogP contribution in [0.25, 0.3) is 0 Å². The summed E-state index contributed by atoms with van der Waals surface area (Å²) in [5.41, 5.74) is -0.399. The predicted octanol–water partition coefficient (Wildman–Crippen LogP) is 3.56. The van der Waals surface area contributed by atoms with Crippen LogP contribution in [0.15, 0.2) is 0 Å². The highest BCUT2D eigenvalue weighted by Crippen LogP contribution is 2.29. The van der Waals surface area contributed by atoms with E-state index in [1.165, 1.54) is 25.7 Å². The van der Waals surface area contributed by atoms with Crippen LogP contribution in [0, 0.1) is 17.2 Å². The maximum absolute atomic E-state index is 9.46. The fraction of sp³-hybridized carbons (Fsp3) is 0.941. The number of nitriles is 1. The van der Waals surface area contributed by atoms with Crippen LogP contribution in [0.4, 0.5) is 0 Å². The molecule has 1 saturated carbocycles. The SMILES string of the molecule is CCCNC(C)(C#N)CC(C)N(C)C1CCCC(C)C1. The second-order valence-electron chi connectivity index (χ2n) is 7.01. The second-order valence-corrected chi connectivity index (χ2v) is 7.01. The van der Waals surface area contributed by atoms with Gasteiger partial charge in [0.25, 0.3) is 0 Å². The average molecular weight is 279 g/mol. The first-order valence-corrected chi connectivity index (χ1v) is 8.30. The third kappa shape index (κ3) is 5.07. The third-order valence-electron chi connectivity index (χ3n) is 4.90. The van der Waals surface area contributed by atoms with E-state index in [1.54, 1.807) is 0 Å². The molecule has 3 heteroatoms. The molecule has 0 bridgehead atoms. The van der Waals surface area contributed by atoms with E-state index in [2.05, 4.69) is 44.1 Å². The molecular weight excluding hydrogens is 246 g/mol. The molecule has 1 aliphatic rings. The predicted molar refractivity (Wildman–Crippen MR) is 85.6 cm³/mol. The Kier molecular flexibility index (Phi) is 6.99. The lowest BCUT2D eigenvalue weighted by Gasteiger charge is -2.40. The molecule has 0 saturated heterocycles. The first-order valence-electron chi connectivity index (χ1n) is 8.30. The molecule has 0 aromatic carbocycles. The van der Waals surface area contributed by atoms with E-state index >= 15 is 0 Å². The second kappa shape index (κ2) is 8.00. The molecule has 4 atom stereocenters. The van der Waals surface area contributed by atoms with Crippen LogP contribution >= 0.6 is 0 Å². The van der Waals surface area contributed by atoms with Crippen LogP contribution in [-0.2, 0) is 0 Å². The van der Waals surface area contributed by atoms with E-state index in [-0.39, 0.29) is 0 Å². The highest BCUT2D eigenvalue weighted by atomic mass is 15.2. The zero-order valence-corrected chi connectivity index (χ0v) is 14.1. The molecule has 0 aromatic rings. The van der Waals surface area contributed by atoms with Gasteiger partial charge in [-0.25, -0.2) is 0 Å². The van der Waals surface area contributed by atoms with Crippen LogP contribution in [0.1, 0.15) is 66.2 Å². The van der Waals surface area contributed by atoms with E-state index in [4.69, 9.17) is 0 Å². The molecule has 1 rings (SSSR count). The summed E-state index contributed by atoms with van der Waals surface area (Å²) in [6, 6.07) is 3.61. The van der Waals surface area contributed by atoms with Gasteiger partial charge in [-0.3, -0.25) is 5.32 Å². The van der Waals surface area contributed by atoms with Crippen molar-refractivity contribution in [2.75, 3.05) is 13.6 Å². The molecule has 1 N–H and O–H groups in total. The number of nitrogens with one attached hydrogen (secondary N) is 1. The van der Waals surface area contributed by atoms with Crippen LogP contribution in [-0.4, -0.2) is 36.1 Å². The van der Waals surface area contributed by atoms with Crippen molar-refractivity contribution in [2.24, 2.45) is 5.92 Å². The van der Waals surface area contributed by atoms with Gasteiger partial charge in [0.15, 0.2) is 0 Å². The third-order valence-corrected chi connectivity index (χ3v) is 4.90. The summed E-state index contributed by atoms with van der Waals surface area (Å²) in [6.45, 7) is 9.73. The summed E-state index contributed by atoms with van der Waals surface area (Å²) in [7, 11) is 2.24. The van der Waals surface area contributed by atoms with Gasteiger partial charge in [-0.1, -0.05) is 26.7 Å². The maximum Gasteiger partial charge on any atom is 0.105 e. The van der Waals surface area contributed by atoms with Crippen molar-refractivity contribution >= 4 is 0 Å². The van der Waals surface area contributed by atoms with Gasteiger partial charge in [0.1, 0.15) is 5.54 Å². The summed E-state index contributed by atoms with van der Waals surface area (Å²) in [5, 5.41) is 12.9. The number of nitrogens with zero attached hydrogens (tertiary/aromatic N) is 2. The molecule has 4 unspecified atom stereocenters. The van der Waals surface area contributed by atoms with Gasteiger partial charge in [-0.2, -0.15) is 5.26 Å². The zero-order chi connectivity index (χ0) is 15.2. The molecule has 0 heterocycles. The number of hydrogen-bond acceptors (Lipinski definition) is 3. The molecule has 0 amide bonds. The molecule has 0 spiro atoms. The summed E-state index contributed by atoms with van der Waals surface area (Å²) >= 11 is 0. The largest absolute Gasteiger partial charge is 0.301 e. The van der Waals surface area contributed by atoms with Crippen LogP contribution in [0.5, 0.6) is 0 Å². The molecule has 0 aliphatic heterocycles. The van der Waals surface area contributed by atoms with Gasteiger partial charge in [-0.15, -0.1) is 0 Å². The van der Waals surface area contributed by atoms with Crippen molar-refractivity contribution in [3.05, 3.63) is 0 Å². The quantitative estimate of drug-likeness (QED) is 0.774. The zero-order valence-electron chi connectivity index (χ0n) is 14.1. The maximum atomic E-state index is 9.46. The summed E-state index contributed by atoms with van der Waals surface area (Å²) in [6.07, 6.45) is 7.33. The standard InChI is InChI=1S/C17H33N3/c1-6-10-19-17(4,13-18)12-15(3)20(5)16-9-7-8-14(2)11-16/h14-16,19H,6-12H2,1-5H3. The molecule has 3 nitrogen and oxygen atoms in total. The minimum Gasteiger partial charge on any atom is -0.301 e. The first kappa shape index (κ1) is 17.5. The Morgan fingerprint density at radius 1 is 1.45 bits per heavy atom. The highest BCUT2D eigenvalue weighted by molar-refractivity contribution is 5.05. The van der Waals surface area contributed by atoms with Crippen molar-refractivity contribution in [1.29, 1.82) is 5.26 Å². The lowest BCUT2D eigenvalue weighted by Crippen LogP contribution is -2.49. The van der Waals surface area contributed by atoms with Gasteiger partial charge >= 0.3 is 0 Å². The van der Waals surface area contributed by atoms with E-state index in [0.717, 1.165) is 25.3 Å². The molecule has 0 aromatic heterocycles. The Balaban J connectivity index is 2.55. The molecule has 116 valence electrons. The number of hydrogen-bond donors (Lipinski definition) is 1. The van der Waals surface area contributed by atoms with Crippen molar-refractivity contribution < 1.29 is 0 Å². The lowest BCUT2D eigenvalue weighted by atomic mass is 9.85. The van der Waals surface area contributed by atoms with E-state index < -0.39 is 5.54 Å². The van der Waals surface area contributed by atoms with Crippen molar-refractivity contribution in [2.45, 2.75) is 83.8 Å². The Morgan fingerprint density at radius 3 is 2.70 bits per heavy atom. The summed E-state index contributed by atoms with van der Waals surface area (Å²) in [4.78, 5) is 2.51. The molecule has 1 fully saturated rings. The van der Waals surface area contributed by atoms with E-state index in [9.17, 15) is 5.26 Å². The summed E-state index contributed by atoms with van der Waals surface area (Å²) in [5.74, 6) is 0.851. The topological polar surface area (TPSA) is 39.1 Å². The van der Waals surface area contributed by atoms with Gasteiger partial charge < -0.3 is 4.90 Å². The fourth-order valence-corrected chi connectivity index (χ4v) is 3.42. The molecule has 0 radical (unpaired) electrons. The van der Waals surface area contributed by atoms with Crippen LogP contribution in [0.2, 0.25) is 0 Å². The Labute approximate surface area is 125 Å². The van der Waals surface area contributed by atoms with Crippen molar-refractivity contribution in [3.8, 4) is 6.07 Å². The normalized spacial score (nSPS) is 27.9. The molecule has 1 aliphatic carbocycles. The van der Waals surface area contributed by atoms with Crippen molar-refractivity contribution in [1.82, 2.24) is 10.2 Å². The number of rotatable bonds is 7. The van der Waals surface area contributed by atoms with Crippen LogP contribution < -0.4 is 5.32 Å².